The zero-order valence-corrected chi connectivity index (χ0v) is 12.9. The Bertz CT molecular complexity index is 496. The molecule has 1 aromatic heterocycles. The normalized spacial score (nSPS) is 15.0. The minimum atomic E-state index is 0.165. The number of benzene rings is 1. The van der Waals surface area contributed by atoms with Gasteiger partial charge in [-0.25, -0.2) is 0 Å². The van der Waals surface area contributed by atoms with Crippen LogP contribution in [-0.2, 0) is 6.42 Å². The van der Waals surface area contributed by atoms with Gasteiger partial charge in [0.05, 0.1) is 6.26 Å². The molecule has 2 atom stereocenters. The van der Waals surface area contributed by atoms with Crippen LogP contribution in [0, 0.1) is 5.41 Å². The first kappa shape index (κ1) is 14.9. The average molecular weight is 271 g/mol. The molecule has 2 unspecified atom stereocenters. The lowest BCUT2D eigenvalue weighted by atomic mass is 9.82. The van der Waals surface area contributed by atoms with E-state index in [0.29, 0.717) is 12.1 Å². The van der Waals surface area contributed by atoms with Crippen molar-refractivity contribution >= 4 is 0 Å². The van der Waals surface area contributed by atoms with E-state index in [-0.39, 0.29) is 5.41 Å². The monoisotopic (exact) mass is 271 g/mol. The largest absolute Gasteiger partial charge is 0.469 e. The summed E-state index contributed by atoms with van der Waals surface area (Å²) in [5, 5.41) is 3.75. The van der Waals surface area contributed by atoms with Crippen LogP contribution in [0.15, 0.2) is 53.1 Å². The molecule has 0 aliphatic rings. The fourth-order valence-electron chi connectivity index (χ4n) is 2.57. The second kappa shape index (κ2) is 6.27. The van der Waals surface area contributed by atoms with Crippen LogP contribution in [0.3, 0.4) is 0 Å². The van der Waals surface area contributed by atoms with Crippen molar-refractivity contribution in [1.82, 2.24) is 5.32 Å². The van der Waals surface area contributed by atoms with Crippen LogP contribution >= 0.6 is 0 Å². The maximum Gasteiger partial charge on any atom is 0.105 e. The summed E-state index contributed by atoms with van der Waals surface area (Å²) in [5.74, 6) is 1.03. The molecule has 0 spiro atoms. The predicted octanol–water partition coefficient (Wildman–Crippen LogP) is 4.59. The molecule has 0 bridgehead atoms. The molecule has 2 heteroatoms. The third-order valence-electron chi connectivity index (χ3n) is 3.54. The van der Waals surface area contributed by atoms with Gasteiger partial charge in [0.15, 0.2) is 0 Å². The summed E-state index contributed by atoms with van der Waals surface area (Å²) in [4.78, 5) is 0. The smallest absolute Gasteiger partial charge is 0.105 e. The zero-order chi connectivity index (χ0) is 14.6. The molecule has 0 saturated carbocycles. The van der Waals surface area contributed by atoms with Crippen molar-refractivity contribution in [3.8, 4) is 0 Å². The van der Waals surface area contributed by atoms with Gasteiger partial charge in [-0.3, -0.25) is 0 Å². The number of nitrogens with one attached hydrogen (secondary N) is 1. The van der Waals surface area contributed by atoms with Crippen LogP contribution in [0.2, 0.25) is 0 Å². The maximum atomic E-state index is 5.44. The summed E-state index contributed by atoms with van der Waals surface area (Å²) in [6.45, 7) is 9.04. The van der Waals surface area contributed by atoms with Crippen molar-refractivity contribution in [1.29, 1.82) is 0 Å². The second-order valence-corrected chi connectivity index (χ2v) is 6.56. The second-order valence-electron chi connectivity index (χ2n) is 6.56. The van der Waals surface area contributed by atoms with Crippen molar-refractivity contribution in [3.05, 3.63) is 60.1 Å². The third kappa shape index (κ3) is 3.97. The average Bonchev–Trinajstić information content (AvgIpc) is 2.88. The third-order valence-corrected chi connectivity index (χ3v) is 3.54. The lowest BCUT2D eigenvalue weighted by Crippen LogP contribution is -2.38. The summed E-state index contributed by atoms with van der Waals surface area (Å²) in [5.41, 5.74) is 1.50. The van der Waals surface area contributed by atoms with Gasteiger partial charge in [0.1, 0.15) is 5.76 Å². The molecule has 0 radical (unpaired) electrons. The van der Waals surface area contributed by atoms with Gasteiger partial charge in [0.2, 0.25) is 0 Å². The summed E-state index contributed by atoms with van der Waals surface area (Å²) in [6.07, 6.45) is 2.65. The van der Waals surface area contributed by atoms with Gasteiger partial charge >= 0.3 is 0 Å². The first-order valence-corrected chi connectivity index (χ1v) is 7.30. The van der Waals surface area contributed by atoms with E-state index in [0.717, 1.165) is 12.2 Å². The molecule has 0 aliphatic heterocycles. The molecule has 2 aromatic rings. The number of furan rings is 1. The highest BCUT2D eigenvalue weighted by molar-refractivity contribution is 5.21. The zero-order valence-electron chi connectivity index (χ0n) is 12.9. The Morgan fingerprint density at radius 2 is 1.75 bits per heavy atom. The van der Waals surface area contributed by atoms with Crippen LogP contribution in [0.5, 0.6) is 0 Å². The van der Waals surface area contributed by atoms with E-state index in [1.165, 1.54) is 5.56 Å². The molecular weight excluding hydrogens is 246 g/mol. The lowest BCUT2D eigenvalue weighted by molar-refractivity contribution is 0.249. The van der Waals surface area contributed by atoms with Crippen molar-refractivity contribution in [2.24, 2.45) is 5.41 Å². The Morgan fingerprint density at radius 3 is 2.30 bits per heavy atom. The van der Waals surface area contributed by atoms with E-state index in [9.17, 15) is 0 Å². The van der Waals surface area contributed by atoms with Crippen LogP contribution in [0.25, 0.3) is 0 Å². The molecule has 108 valence electrons. The van der Waals surface area contributed by atoms with E-state index in [1.807, 2.05) is 12.1 Å². The van der Waals surface area contributed by atoms with E-state index in [2.05, 4.69) is 63.3 Å². The first-order valence-electron chi connectivity index (χ1n) is 7.30. The fraction of sp³-hybridized carbons (Fsp3) is 0.444. The Labute approximate surface area is 122 Å². The molecule has 1 N–H and O–H groups in total. The first-order chi connectivity index (χ1) is 9.47. The van der Waals surface area contributed by atoms with Gasteiger partial charge in [-0.1, -0.05) is 51.1 Å². The summed E-state index contributed by atoms with van der Waals surface area (Å²) in [6, 6.07) is 15.3. The number of hydrogen-bond donors (Lipinski definition) is 1. The van der Waals surface area contributed by atoms with Crippen LogP contribution in [0.4, 0.5) is 0 Å². The van der Waals surface area contributed by atoms with E-state index < -0.39 is 0 Å². The van der Waals surface area contributed by atoms with Gasteiger partial charge < -0.3 is 9.73 Å². The predicted molar refractivity (Wildman–Crippen MR) is 83.6 cm³/mol. The topological polar surface area (TPSA) is 25.2 Å². The van der Waals surface area contributed by atoms with Gasteiger partial charge in [-0.2, -0.15) is 0 Å². The molecule has 0 fully saturated rings. The van der Waals surface area contributed by atoms with E-state index >= 15 is 0 Å². The fourth-order valence-corrected chi connectivity index (χ4v) is 2.57. The van der Waals surface area contributed by atoms with Crippen molar-refractivity contribution in [2.75, 3.05) is 0 Å². The SMILES string of the molecule is CC(Cc1ccco1)NC(c1ccccc1)C(C)(C)C. The Morgan fingerprint density at radius 1 is 1.05 bits per heavy atom. The summed E-state index contributed by atoms with van der Waals surface area (Å²) < 4.78 is 5.44. The van der Waals surface area contributed by atoms with Crippen molar-refractivity contribution in [2.45, 2.75) is 46.2 Å². The van der Waals surface area contributed by atoms with Gasteiger partial charge in [0.25, 0.3) is 0 Å². The summed E-state index contributed by atoms with van der Waals surface area (Å²) >= 11 is 0. The van der Waals surface area contributed by atoms with Gasteiger partial charge in [0, 0.05) is 18.5 Å². The van der Waals surface area contributed by atoms with Crippen molar-refractivity contribution in [3.63, 3.8) is 0 Å². The van der Waals surface area contributed by atoms with E-state index in [1.54, 1.807) is 6.26 Å². The molecule has 0 aliphatic carbocycles. The molecule has 1 aromatic carbocycles. The standard InChI is InChI=1S/C18H25NO/c1-14(13-16-11-8-12-20-16)19-17(18(2,3)4)15-9-6-5-7-10-15/h5-12,14,17,19H,13H2,1-4H3. The lowest BCUT2D eigenvalue weighted by Gasteiger charge is -2.34. The highest BCUT2D eigenvalue weighted by Gasteiger charge is 2.27. The quantitative estimate of drug-likeness (QED) is 0.860. The van der Waals surface area contributed by atoms with Crippen LogP contribution < -0.4 is 5.32 Å². The molecule has 2 rings (SSSR count). The molecule has 20 heavy (non-hydrogen) atoms. The summed E-state index contributed by atoms with van der Waals surface area (Å²) in [7, 11) is 0. The highest BCUT2D eigenvalue weighted by Crippen LogP contribution is 2.33. The number of hydrogen-bond acceptors (Lipinski definition) is 2. The molecule has 1 heterocycles. The molecular formula is C18H25NO. The number of rotatable bonds is 5. The van der Waals surface area contributed by atoms with Gasteiger partial charge in [-0.05, 0) is 30.0 Å². The minimum absolute atomic E-state index is 0.165. The van der Waals surface area contributed by atoms with Crippen molar-refractivity contribution < 1.29 is 4.42 Å². The van der Waals surface area contributed by atoms with Crippen LogP contribution in [-0.4, -0.2) is 6.04 Å². The molecule has 0 amide bonds. The molecule has 0 saturated heterocycles. The Hall–Kier alpha value is -1.54. The van der Waals surface area contributed by atoms with Crippen LogP contribution in [0.1, 0.15) is 45.1 Å². The Balaban J connectivity index is 2.09. The Kier molecular flexibility index (Phi) is 4.66. The van der Waals surface area contributed by atoms with E-state index in [4.69, 9.17) is 4.42 Å². The minimum Gasteiger partial charge on any atom is -0.469 e. The maximum absolute atomic E-state index is 5.44. The van der Waals surface area contributed by atoms with Gasteiger partial charge in [-0.15, -0.1) is 0 Å². The molecule has 2 nitrogen and oxygen atoms in total. The highest BCUT2D eigenvalue weighted by atomic mass is 16.3.